The summed E-state index contributed by atoms with van der Waals surface area (Å²) < 4.78 is 10.7. The molecule has 0 amide bonds. The third-order valence-electron chi connectivity index (χ3n) is 2.86. The van der Waals surface area contributed by atoms with Crippen molar-refractivity contribution >= 4 is 11.6 Å². The molecule has 5 heteroatoms. The highest BCUT2D eigenvalue weighted by Crippen LogP contribution is 2.40. The quantitative estimate of drug-likeness (QED) is 0.862. The summed E-state index contributed by atoms with van der Waals surface area (Å²) in [5.74, 6) is 1.89. The van der Waals surface area contributed by atoms with Crippen molar-refractivity contribution in [1.82, 2.24) is 5.32 Å². The summed E-state index contributed by atoms with van der Waals surface area (Å²) in [6.07, 6.45) is 0. The molecule has 2 rings (SSSR count). The molecule has 0 bridgehead atoms. The summed E-state index contributed by atoms with van der Waals surface area (Å²) in [4.78, 5) is 0. The zero-order chi connectivity index (χ0) is 13.1. The van der Waals surface area contributed by atoms with Crippen LogP contribution in [0.25, 0.3) is 0 Å². The average Bonchev–Trinajstić information content (AvgIpc) is 2.78. The second-order valence-electron chi connectivity index (χ2n) is 4.83. The number of halogens is 1. The van der Waals surface area contributed by atoms with Gasteiger partial charge in [-0.1, -0.05) is 25.4 Å². The Morgan fingerprint density at radius 3 is 2.83 bits per heavy atom. The van der Waals surface area contributed by atoms with Crippen molar-refractivity contribution in [3.05, 3.63) is 22.7 Å². The van der Waals surface area contributed by atoms with Crippen LogP contribution in [0.1, 0.15) is 25.5 Å². The van der Waals surface area contributed by atoms with Crippen LogP contribution in [0, 0.1) is 5.92 Å². The first-order chi connectivity index (χ1) is 8.61. The summed E-state index contributed by atoms with van der Waals surface area (Å²) >= 11 is 6.16. The van der Waals surface area contributed by atoms with Gasteiger partial charge in [-0.3, -0.25) is 0 Å². The molecular weight excluding hydrogens is 252 g/mol. The molecule has 1 atom stereocenters. The number of hydrogen-bond acceptors (Lipinski definition) is 4. The normalized spacial score (nSPS) is 15.2. The topological polar surface area (TPSA) is 56.5 Å². The van der Waals surface area contributed by atoms with Crippen LogP contribution in [0.4, 0.5) is 0 Å². The van der Waals surface area contributed by atoms with Crippen molar-refractivity contribution in [3.63, 3.8) is 0 Å². The van der Waals surface area contributed by atoms with Gasteiger partial charge in [0.2, 0.25) is 6.79 Å². The Morgan fingerprint density at radius 1 is 1.39 bits per heavy atom. The zero-order valence-electron chi connectivity index (χ0n) is 10.7. The lowest BCUT2D eigenvalue weighted by Crippen LogP contribution is -2.30. The molecule has 0 spiro atoms. The van der Waals surface area contributed by atoms with E-state index < -0.39 is 0 Å². The largest absolute Gasteiger partial charge is 0.454 e. The van der Waals surface area contributed by atoms with Gasteiger partial charge in [-0.05, 0) is 30.2 Å². The molecule has 0 aromatic heterocycles. The third kappa shape index (κ3) is 2.88. The van der Waals surface area contributed by atoms with E-state index in [0.29, 0.717) is 29.0 Å². The van der Waals surface area contributed by atoms with Crippen molar-refractivity contribution in [1.29, 1.82) is 0 Å². The molecule has 100 valence electrons. The van der Waals surface area contributed by atoms with E-state index >= 15 is 0 Å². The fraction of sp³-hybridized carbons (Fsp3) is 0.538. The zero-order valence-corrected chi connectivity index (χ0v) is 11.5. The second-order valence-corrected chi connectivity index (χ2v) is 5.23. The molecule has 1 aromatic carbocycles. The molecule has 1 unspecified atom stereocenters. The minimum atomic E-state index is 0.0828. The maximum atomic E-state index is 6.16. The standard InChI is InChI=1S/C13H19ClN2O2/c1-8(2)6-16-11(5-15)9-3-10(14)13-12(4-9)17-7-18-13/h3-4,8,11,16H,5-7,15H2,1-2H3. The number of hydrogen-bond donors (Lipinski definition) is 2. The van der Waals surface area contributed by atoms with Crippen LogP contribution in [0.2, 0.25) is 5.02 Å². The van der Waals surface area contributed by atoms with Crippen LogP contribution in [-0.4, -0.2) is 19.9 Å². The van der Waals surface area contributed by atoms with E-state index in [0.717, 1.165) is 12.1 Å². The lowest BCUT2D eigenvalue weighted by atomic mass is 10.1. The van der Waals surface area contributed by atoms with Crippen LogP contribution >= 0.6 is 11.6 Å². The maximum Gasteiger partial charge on any atom is 0.231 e. The monoisotopic (exact) mass is 270 g/mol. The van der Waals surface area contributed by atoms with Gasteiger partial charge in [0.15, 0.2) is 11.5 Å². The molecule has 4 nitrogen and oxygen atoms in total. The Labute approximate surface area is 112 Å². The highest BCUT2D eigenvalue weighted by molar-refractivity contribution is 6.32. The number of ether oxygens (including phenoxy) is 2. The van der Waals surface area contributed by atoms with E-state index in [1.54, 1.807) is 0 Å². The molecule has 1 aromatic rings. The number of rotatable bonds is 5. The number of benzene rings is 1. The van der Waals surface area contributed by atoms with Gasteiger partial charge in [0, 0.05) is 12.6 Å². The molecule has 0 fully saturated rings. The molecule has 18 heavy (non-hydrogen) atoms. The smallest absolute Gasteiger partial charge is 0.231 e. The highest BCUT2D eigenvalue weighted by Gasteiger charge is 2.21. The summed E-state index contributed by atoms with van der Waals surface area (Å²) in [7, 11) is 0. The van der Waals surface area contributed by atoms with Crippen molar-refractivity contribution in [2.45, 2.75) is 19.9 Å². The summed E-state index contributed by atoms with van der Waals surface area (Å²) in [6.45, 7) is 5.97. The van der Waals surface area contributed by atoms with E-state index in [1.807, 2.05) is 12.1 Å². The molecule has 0 saturated carbocycles. The third-order valence-corrected chi connectivity index (χ3v) is 3.14. The second kappa shape index (κ2) is 5.78. The molecule has 1 aliphatic rings. The van der Waals surface area contributed by atoms with Gasteiger partial charge in [-0.15, -0.1) is 0 Å². The van der Waals surface area contributed by atoms with E-state index in [1.165, 1.54) is 0 Å². The van der Waals surface area contributed by atoms with Crippen molar-refractivity contribution in [2.75, 3.05) is 19.9 Å². The highest BCUT2D eigenvalue weighted by atomic mass is 35.5. The van der Waals surface area contributed by atoms with Gasteiger partial charge in [-0.2, -0.15) is 0 Å². The summed E-state index contributed by atoms with van der Waals surface area (Å²) in [5.41, 5.74) is 6.84. The van der Waals surface area contributed by atoms with Crippen LogP contribution in [0.5, 0.6) is 11.5 Å². The first-order valence-corrected chi connectivity index (χ1v) is 6.52. The van der Waals surface area contributed by atoms with Gasteiger partial charge in [0.1, 0.15) is 0 Å². The molecule has 0 radical (unpaired) electrons. The summed E-state index contributed by atoms with van der Waals surface area (Å²) in [5, 5.41) is 4.00. The number of nitrogens with two attached hydrogens (primary N) is 1. The maximum absolute atomic E-state index is 6.16. The first-order valence-electron chi connectivity index (χ1n) is 6.14. The van der Waals surface area contributed by atoms with Gasteiger partial charge in [0.25, 0.3) is 0 Å². The van der Waals surface area contributed by atoms with Crippen LogP contribution in [0.15, 0.2) is 12.1 Å². The molecule has 3 N–H and O–H groups in total. The van der Waals surface area contributed by atoms with E-state index in [-0.39, 0.29) is 12.8 Å². The van der Waals surface area contributed by atoms with E-state index in [2.05, 4.69) is 19.2 Å². The number of nitrogens with one attached hydrogen (secondary N) is 1. The Kier molecular flexibility index (Phi) is 4.32. The van der Waals surface area contributed by atoms with Crippen LogP contribution < -0.4 is 20.5 Å². The predicted molar refractivity (Wildman–Crippen MR) is 72.2 cm³/mol. The van der Waals surface area contributed by atoms with Gasteiger partial charge in [-0.25, -0.2) is 0 Å². The fourth-order valence-electron chi connectivity index (χ4n) is 1.90. The lowest BCUT2D eigenvalue weighted by molar-refractivity contribution is 0.174. The minimum absolute atomic E-state index is 0.0828. The van der Waals surface area contributed by atoms with Gasteiger partial charge in [0.05, 0.1) is 5.02 Å². The molecule has 0 saturated heterocycles. The van der Waals surface area contributed by atoms with E-state index in [4.69, 9.17) is 26.8 Å². The Morgan fingerprint density at radius 2 is 2.17 bits per heavy atom. The molecule has 0 aliphatic carbocycles. The lowest BCUT2D eigenvalue weighted by Gasteiger charge is -2.19. The van der Waals surface area contributed by atoms with Crippen molar-refractivity contribution in [3.8, 4) is 11.5 Å². The Balaban J connectivity index is 2.18. The SMILES string of the molecule is CC(C)CNC(CN)c1cc(Cl)c2c(c1)OCO2. The van der Waals surface area contributed by atoms with Crippen molar-refractivity contribution < 1.29 is 9.47 Å². The fourth-order valence-corrected chi connectivity index (χ4v) is 2.18. The molecular formula is C13H19ClN2O2. The molecule has 1 heterocycles. The Bertz CT molecular complexity index is 424. The van der Waals surface area contributed by atoms with Crippen molar-refractivity contribution in [2.24, 2.45) is 11.7 Å². The number of fused-ring (bicyclic) bond motifs is 1. The first kappa shape index (κ1) is 13.5. The van der Waals surface area contributed by atoms with Crippen LogP contribution in [0.3, 0.4) is 0 Å². The molecule has 1 aliphatic heterocycles. The van der Waals surface area contributed by atoms with Crippen LogP contribution in [-0.2, 0) is 0 Å². The van der Waals surface area contributed by atoms with Gasteiger partial charge >= 0.3 is 0 Å². The predicted octanol–water partition coefficient (Wildman–Crippen LogP) is 2.31. The minimum Gasteiger partial charge on any atom is -0.454 e. The Hall–Kier alpha value is -0.970. The van der Waals surface area contributed by atoms with E-state index in [9.17, 15) is 0 Å². The summed E-state index contributed by atoms with van der Waals surface area (Å²) in [6, 6.07) is 3.92. The average molecular weight is 271 g/mol. The van der Waals surface area contributed by atoms with Gasteiger partial charge < -0.3 is 20.5 Å².